The van der Waals surface area contributed by atoms with Crippen molar-refractivity contribution in [3.63, 3.8) is 0 Å². The smallest absolute Gasteiger partial charge is 0.258 e. The largest absolute Gasteiger partial charge is 0.493 e. The summed E-state index contributed by atoms with van der Waals surface area (Å²) in [6.45, 7) is 0.0722. The fraction of sp³-hybridized carbons (Fsp3) is 0.348. The zero-order valence-corrected chi connectivity index (χ0v) is 18.1. The molecule has 1 heterocycles. The predicted molar refractivity (Wildman–Crippen MR) is 121 cm³/mol. The van der Waals surface area contributed by atoms with Crippen molar-refractivity contribution >= 4 is 34.2 Å². The number of aromatic nitrogens is 2. The SMILES string of the molecule is COc1ccccc1OCC(=O)NCc1nc(NC2CCCC2)c2cc(Cl)ccc2n1. The molecule has 31 heavy (non-hydrogen) atoms. The van der Waals surface area contributed by atoms with Gasteiger partial charge in [-0.3, -0.25) is 4.79 Å². The molecule has 1 saturated carbocycles. The summed E-state index contributed by atoms with van der Waals surface area (Å²) in [7, 11) is 1.56. The molecular weight excluding hydrogens is 416 g/mol. The first-order valence-electron chi connectivity index (χ1n) is 10.4. The Labute approximate surface area is 186 Å². The van der Waals surface area contributed by atoms with Crippen molar-refractivity contribution < 1.29 is 14.3 Å². The normalized spacial score (nSPS) is 13.9. The molecule has 7 nitrogen and oxygen atoms in total. The topological polar surface area (TPSA) is 85.4 Å². The van der Waals surface area contributed by atoms with Gasteiger partial charge in [-0.1, -0.05) is 36.6 Å². The van der Waals surface area contributed by atoms with E-state index in [1.165, 1.54) is 12.8 Å². The number of nitrogens with zero attached hydrogens (tertiary/aromatic N) is 2. The number of para-hydroxylation sites is 2. The van der Waals surface area contributed by atoms with Crippen LogP contribution in [0.5, 0.6) is 11.5 Å². The number of anilines is 1. The van der Waals surface area contributed by atoms with Crippen molar-refractivity contribution in [1.29, 1.82) is 0 Å². The Morgan fingerprint density at radius 3 is 2.68 bits per heavy atom. The zero-order chi connectivity index (χ0) is 21.6. The number of hydrogen-bond acceptors (Lipinski definition) is 6. The van der Waals surface area contributed by atoms with Crippen LogP contribution in [-0.4, -0.2) is 35.6 Å². The van der Waals surface area contributed by atoms with E-state index in [9.17, 15) is 4.79 Å². The summed E-state index contributed by atoms with van der Waals surface area (Å²) in [4.78, 5) is 21.5. The van der Waals surface area contributed by atoms with Gasteiger partial charge in [0.15, 0.2) is 23.9 Å². The van der Waals surface area contributed by atoms with Gasteiger partial charge in [-0.2, -0.15) is 0 Å². The number of ether oxygens (including phenoxy) is 2. The lowest BCUT2D eigenvalue weighted by Gasteiger charge is -2.16. The van der Waals surface area contributed by atoms with Gasteiger partial charge in [0.25, 0.3) is 5.91 Å². The van der Waals surface area contributed by atoms with Crippen LogP contribution in [0.1, 0.15) is 31.5 Å². The summed E-state index contributed by atoms with van der Waals surface area (Å²) in [5.41, 5.74) is 0.786. The molecule has 0 radical (unpaired) electrons. The number of nitrogens with one attached hydrogen (secondary N) is 2. The predicted octanol–water partition coefficient (Wildman–Crippen LogP) is 4.34. The molecule has 162 valence electrons. The van der Waals surface area contributed by atoms with Gasteiger partial charge in [-0.15, -0.1) is 0 Å². The average Bonchev–Trinajstić information content (AvgIpc) is 3.30. The van der Waals surface area contributed by atoms with E-state index >= 15 is 0 Å². The molecule has 0 spiro atoms. The maximum Gasteiger partial charge on any atom is 0.258 e. The van der Waals surface area contributed by atoms with Gasteiger partial charge in [0.05, 0.1) is 19.2 Å². The molecule has 2 aromatic carbocycles. The van der Waals surface area contributed by atoms with Crippen LogP contribution in [-0.2, 0) is 11.3 Å². The maximum atomic E-state index is 12.3. The summed E-state index contributed by atoms with van der Waals surface area (Å²) >= 11 is 6.19. The van der Waals surface area contributed by atoms with E-state index in [2.05, 4.69) is 20.6 Å². The molecule has 0 bridgehead atoms. The van der Waals surface area contributed by atoms with E-state index in [1.807, 2.05) is 24.3 Å². The van der Waals surface area contributed by atoms with Crippen LogP contribution in [0.2, 0.25) is 5.02 Å². The number of methoxy groups -OCH3 is 1. The minimum atomic E-state index is -0.268. The van der Waals surface area contributed by atoms with Crippen LogP contribution in [0.25, 0.3) is 10.9 Å². The van der Waals surface area contributed by atoms with Gasteiger partial charge in [0.1, 0.15) is 5.82 Å². The zero-order valence-electron chi connectivity index (χ0n) is 17.4. The Balaban J connectivity index is 1.43. The standard InChI is InChI=1S/C23H25ClN4O3/c1-30-19-8-4-5-9-20(19)31-14-22(29)25-13-21-27-18-11-10-15(24)12-17(18)23(28-21)26-16-6-2-3-7-16/h4-5,8-12,16H,2-3,6-7,13-14H2,1H3,(H,25,29)(H,26,27,28). The first-order valence-corrected chi connectivity index (χ1v) is 10.8. The van der Waals surface area contributed by atoms with Crippen molar-refractivity contribution in [1.82, 2.24) is 15.3 Å². The molecule has 0 atom stereocenters. The number of carbonyl (C=O) groups excluding carboxylic acids is 1. The number of hydrogen-bond donors (Lipinski definition) is 2. The fourth-order valence-corrected chi connectivity index (χ4v) is 3.88. The van der Waals surface area contributed by atoms with E-state index in [0.717, 1.165) is 29.6 Å². The summed E-state index contributed by atoms with van der Waals surface area (Å²) in [6, 6.07) is 13.1. The second-order valence-electron chi connectivity index (χ2n) is 7.49. The summed E-state index contributed by atoms with van der Waals surface area (Å²) in [5, 5.41) is 7.88. The Hall–Kier alpha value is -3.06. The number of amides is 1. The third-order valence-electron chi connectivity index (χ3n) is 5.27. The highest BCUT2D eigenvalue weighted by Gasteiger charge is 2.18. The molecule has 0 aliphatic heterocycles. The van der Waals surface area contributed by atoms with E-state index in [-0.39, 0.29) is 19.1 Å². The number of fused-ring (bicyclic) bond motifs is 1. The second-order valence-corrected chi connectivity index (χ2v) is 7.93. The van der Waals surface area contributed by atoms with Crippen molar-refractivity contribution in [3.05, 3.63) is 53.3 Å². The Morgan fingerprint density at radius 2 is 1.90 bits per heavy atom. The molecule has 1 amide bonds. The molecule has 2 N–H and O–H groups in total. The van der Waals surface area contributed by atoms with Crippen molar-refractivity contribution in [2.45, 2.75) is 38.3 Å². The van der Waals surface area contributed by atoms with E-state index in [4.69, 9.17) is 21.1 Å². The third kappa shape index (κ3) is 5.35. The first-order chi connectivity index (χ1) is 15.1. The Morgan fingerprint density at radius 1 is 1.13 bits per heavy atom. The van der Waals surface area contributed by atoms with Crippen LogP contribution >= 0.6 is 11.6 Å². The van der Waals surface area contributed by atoms with Crippen molar-refractivity contribution in [3.8, 4) is 11.5 Å². The molecule has 1 fully saturated rings. The lowest BCUT2D eigenvalue weighted by molar-refractivity contribution is -0.123. The Bertz CT molecular complexity index is 1070. The second kappa shape index (κ2) is 9.83. The minimum absolute atomic E-state index is 0.128. The highest BCUT2D eigenvalue weighted by Crippen LogP contribution is 2.28. The van der Waals surface area contributed by atoms with Gasteiger partial charge in [0.2, 0.25) is 0 Å². The highest BCUT2D eigenvalue weighted by molar-refractivity contribution is 6.31. The monoisotopic (exact) mass is 440 g/mol. The number of rotatable bonds is 8. The molecule has 1 aliphatic rings. The molecular formula is C23H25ClN4O3. The number of carbonyl (C=O) groups is 1. The van der Waals surface area contributed by atoms with Crippen LogP contribution in [0.4, 0.5) is 5.82 Å². The molecule has 4 rings (SSSR count). The van der Waals surface area contributed by atoms with E-state index < -0.39 is 0 Å². The minimum Gasteiger partial charge on any atom is -0.493 e. The molecule has 1 aliphatic carbocycles. The third-order valence-corrected chi connectivity index (χ3v) is 5.51. The highest BCUT2D eigenvalue weighted by atomic mass is 35.5. The number of benzene rings is 2. The van der Waals surface area contributed by atoms with Gasteiger partial charge in [-0.25, -0.2) is 9.97 Å². The molecule has 0 unspecified atom stereocenters. The van der Waals surface area contributed by atoms with E-state index in [0.29, 0.717) is 28.4 Å². The molecule has 0 saturated heterocycles. The van der Waals surface area contributed by atoms with Crippen molar-refractivity contribution in [2.75, 3.05) is 19.0 Å². The summed E-state index contributed by atoms with van der Waals surface area (Å²) in [6.07, 6.45) is 4.68. The average molecular weight is 441 g/mol. The summed E-state index contributed by atoms with van der Waals surface area (Å²) < 4.78 is 10.8. The molecule has 1 aromatic heterocycles. The molecule has 8 heteroatoms. The Kier molecular flexibility index (Phi) is 6.72. The van der Waals surface area contributed by atoms with E-state index in [1.54, 1.807) is 25.3 Å². The lowest BCUT2D eigenvalue weighted by atomic mass is 10.2. The first kappa shape index (κ1) is 21.2. The number of halogens is 1. The van der Waals surface area contributed by atoms with Crippen LogP contribution in [0.3, 0.4) is 0 Å². The fourth-order valence-electron chi connectivity index (χ4n) is 3.71. The quantitative estimate of drug-likeness (QED) is 0.542. The van der Waals surface area contributed by atoms with Crippen LogP contribution in [0, 0.1) is 0 Å². The maximum absolute atomic E-state index is 12.3. The molecule has 3 aromatic rings. The van der Waals surface area contributed by atoms with Gasteiger partial charge < -0.3 is 20.1 Å². The van der Waals surface area contributed by atoms with Crippen LogP contribution < -0.4 is 20.1 Å². The van der Waals surface area contributed by atoms with Crippen LogP contribution in [0.15, 0.2) is 42.5 Å². The summed E-state index contributed by atoms with van der Waals surface area (Å²) in [5.74, 6) is 2.11. The van der Waals surface area contributed by atoms with Gasteiger partial charge in [0, 0.05) is 16.5 Å². The lowest BCUT2D eigenvalue weighted by Crippen LogP contribution is -2.29. The van der Waals surface area contributed by atoms with Gasteiger partial charge >= 0.3 is 0 Å². The van der Waals surface area contributed by atoms with Crippen molar-refractivity contribution in [2.24, 2.45) is 0 Å². The van der Waals surface area contributed by atoms with Gasteiger partial charge in [-0.05, 0) is 43.2 Å².